The largest absolute Gasteiger partial charge is 0.493 e. The molecule has 2 amide bonds. The van der Waals surface area contributed by atoms with E-state index in [1.54, 1.807) is 38.4 Å². The third-order valence-electron chi connectivity index (χ3n) is 4.68. The van der Waals surface area contributed by atoms with Gasteiger partial charge in [0, 0.05) is 49.7 Å². The van der Waals surface area contributed by atoms with Gasteiger partial charge < -0.3 is 29.3 Å². The summed E-state index contributed by atoms with van der Waals surface area (Å²) < 4.78 is 29.2. The van der Waals surface area contributed by atoms with Gasteiger partial charge in [0.15, 0.2) is 11.5 Å². The van der Waals surface area contributed by atoms with Gasteiger partial charge in [0.2, 0.25) is 5.75 Å². The van der Waals surface area contributed by atoms with E-state index in [1.165, 1.54) is 12.1 Å². The van der Waals surface area contributed by atoms with Crippen molar-refractivity contribution in [1.29, 1.82) is 0 Å². The number of hydrogen-bond acceptors (Lipinski definition) is 5. The molecule has 1 heterocycles. The Labute approximate surface area is 163 Å². The maximum atomic E-state index is 13.0. The molecule has 2 aromatic carbocycles. The van der Waals surface area contributed by atoms with E-state index in [9.17, 15) is 9.18 Å². The second-order valence-electron chi connectivity index (χ2n) is 6.29. The van der Waals surface area contributed by atoms with Crippen LogP contribution in [0.3, 0.4) is 0 Å². The first-order valence-electron chi connectivity index (χ1n) is 8.92. The van der Waals surface area contributed by atoms with Crippen molar-refractivity contribution in [3.05, 3.63) is 42.2 Å². The van der Waals surface area contributed by atoms with Gasteiger partial charge in [0.1, 0.15) is 5.82 Å². The third-order valence-corrected chi connectivity index (χ3v) is 4.68. The molecule has 1 aliphatic rings. The molecule has 0 aromatic heterocycles. The lowest BCUT2D eigenvalue weighted by atomic mass is 10.2. The zero-order valence-corrected chi connectivity index (χ0v) is 16.2. The van der Waals surface area contributed by atoms with Crippen molar-refractivity contribution in [1.82, 2.24) is 4.90 Å². The smallest absolute Gasteiger partial charge is 0.321 e. The molecule has 0 unspecified atom stereocenters. The van der Waals surface area contributed by atoms with Crippen LogP contribution in [0.25, 0.3) is 0 Å². The molecule has 150 valence electrons. The predicted octanol–water partition coefficient (Wildman–Crippen LogP) is 3.21. The number of piperazine rings is 1. The highest BCUT2D eigenvalue weighted by molar-refractivity contribution is 5.89. The fourth-order valence-electron chi connectivity index (χ4n) is 3.15. The van der Waals surface area contributed by atoms with Crippen LogP contribution in [0.15, 0.2) is 36.4 Å². The van der Waals surface area contributed by atoms with Crippen molar-refractivity contribution >= 4 is 17.4 Å². The summed E-state index contributed by atoms with van der Waals surface area (Å²) in [6.45, 7) is 2.44. The number of anilines is 2. The number of urea groups is 1. The number of ether oxygens (including phenoxy) is 3. The van der Waals surface area contributed by atoms with E-state index in [0.717, 1.165) is 5.69 Å². The average molecular weight is 389 g/mol. The van der Waals surface area contributed by atoms with E-state index in [-0.39, 0.29) is 11.8 Å². The number of nitrogens with one attached hydrogen (secondary N) is 1. The minimum Gasteiger partial charge on any atom is -0.493 e. The zero-order chi connectivity index (χ0) is 20.1. The number of nitrogens with zero attached hydrogens (tertiary/aromatic N) is 2. The molecule has 1 saturated heterocycles. The number of amides is 2. The number of halogens is 1. The van der Waals surface area contributed by atoms with Gasteiger partial charge in [-0.1, -0.05) is 0 Å². The minimum atomic E-state index is -0.336. The first-order chi connectivity index (χ1) is 13.5. The van der Waals surface area contributed by atoms with Crippen molar-refractivity contribution in [3.8, 4) is 17.2 Å². The van der Waals surface area contributed by atoms with Crippen molar-refractivity contribution in [3.63, 3.8) is 0 Å². The van der Waals surface area contributed by atoms with Crippen LogP contribution in [0, 0.1) is 5.82 Å². The molecule has 0 spiro atoms. The van der Waals surface area contributed by atoms with E-state index in [0.29, 0.717) is 49.1 Å². The molecule has 8 heteroatoms. The molecule has 0 bridgehead atoms. The summed E-state index contributed by atoms with van der Waals surface area (Å²) in [5, 5.41) is 2.79. The molecular formula is C20H24FN3O4. The Morgan fingerprint density at radius 3 is 2.00 bits per heavy atom. The van der Waals surface area contributed by atoms with Crippen molar-refractivity contribution < 1.29 is 23.4 Å². The van der Waals surface area contributed by atoms with Crippen LogP contribution in [0.2, 0.25) is 0 Å². The summed E-state index contributed by atoms with van der Waals surface area (Å²) in [6.07, 6.45) is 0. The third kappa shape index (κ3) is 4.21. The lowest BCUT2D eigenvalue weighted by Crippen LogP contribution is -2.50. The molecule has 0 atom stereocenters. The quantitative estimate of drug-likeness (QED) is 0.851. The standard InChI is InChI=1S/C20H24FN3O4/c1-26-17-12-16(13-18(27-2)19(17)28-3)23-8-10-24(11-9-23)20(25)22-15-6-4-14(21)5-7-15/h4-7,12-13H,8-11H2,1-3H3,(H,22,25). The van der Waals surface area contributed by atoms with Gasteiger partial charge in [-0.25, -0.2) is 9.18 Å². The Morgan fingerprint density at radius 1 is 0.929 bits per heavy atom. The van der Waals surface area contributed by atoms with Crippen molar-refractivity contribution in [2.24, 2.45) is 0 Å². The second-order valence-corrected chi connectivity index (χ2v) is 6.29. The highest BCUT2D eigenvalue weighted by Gasteiger charge is 2.23. The Bertz CT molecular complexity index is 796. The minimum absolute atomic E-state index is 0.198. The summed E-state index contributed by atoms with van der Waals surface area (Å²) in [7, 11) is 4.73. The molecule has 28 heavy (non-hydrogen) atoms. The SMILES string of the molecule is COc1cc(N2CCN(C(=O)Nc3ccc(F)cc3)CC2)cc(OC)c1OC. The number of carbonyl (C=O) groups excluding carboxylic acids is 1. The predicted molar refractivity (Wildman–Crippen MR) is 105 cm³/mol. The number of carbonyl (C=O) groups is 1. The van der Waals surface area contributed by atoms with E-state index < -0.39 is 0 Å². The van der Waals surface area contributed by atoms with Gasteiger partial charge in [-0.05, 0) is 24.3 Å². The van der Waals surface area contributed by atoms with Crippen LogP contribution in [0.4, 0.5) is 20.6 Å². The van der Waals surface area contributed by atoms with Crippen LogP contribution in [0.5, 0.6) is 17.2 Å². The molecule has 2 aromatic rings. The molecular weight excluding hydrogens is 365 g/mol. The van der Waals surface area contributed by atoms with Crippen LogP contribution in [-0.2, 0) is 0 Å². The van der Waals surface area contributed by atoms with Crippen LogP contribution >= 0.6 is 0 Å². The Hall–Kier alpha value is -3.16. The van der Waals surface area contributed by atoms with Gasteiger partial charge in [0.25, 0.3) is 0 Å². The normalized spacial score (nSPS) is 13.9. The Kier molecular flexibility index (Phi) is 6.08. The lowest BCUT2D eigenvalue weighted by molar-refractivity contribution is 0.208. The van der Waals surface area contributed by atoms with E-state index in [1.807, 2.05) is 12.1 Å². The number of rotatable bonds is 5. The average Bonchev–Trinajstić information content (AvgIpc) is 2.74. The monoisotopic (exact) mass is 389 g/mol. The number of methoxy groups -OCH3 is 3. The first kappa shape index (κ1) is 19.6. The fourth-order valence-corrected chi connectivity index (χ4v) is 3.15. The Morgan fingerprint density at radius 2 is 1.50 bits per heavy atom. The highest BCUT2D eigenvalue weighted by Crippen LogP contribution is 2.41. The summed E-state index contributed by atoms with van der Waals surface area (Å²) in [5.74, 6) is 1.39. The van der Waals surface area contributed by atoms with Crippen LogP contribution < -0.4 is 24.4 Å². The van der Waals surface area contributed by atoms with E-state index >= 15 is 0 Å². The first-order valence-corrected chi connectivity index (χ1v) is 8.92. The van der Waals surface area contributed by atoms with Crippen molar-refractivity contribution in [2.75, 3.05) is 57.7 Å². The van der Waals surface area contributed by atoms with Gasteiger partial charge in [0.05, 0.1) is 21.3 Å². The van der Waals surface area contributed by atoms with Gasteiger partial charge >= 0.3 is 6.03 Å². The molecule has 1 aliphatic heterocycles. The molecule has 7 nitrogen and oxygen atoms in total. The summed E-state index contributed by atoms with van der Waals surface area (Å²) >= 11 is 0. The lowest BCUT2D eigenvalue weighted by Gasteiger charge is -2.36. The maximum Gasteiger partial charge on any atom is 0.321 e. The molecule has 0 saturated carbocycles. The van der Waals surface area contributed by atoms with Gasteiger partial charge in [-0.15, -0.1) is 0 Å². The number of benzene rings is 2. The zero-order valence-electron chi connectivity index (χ0n) is 16.2. The maximum absolute atomic E-state index is 13.0. The van der Waals surface area contributed by atoms with Gasteiger partial charge in [-0.3, -0.25) is 0 Å². The second kappa shape index (κ2) is 8.69. The van der Waals surface area contributed by atoms with E-state index in [4.69, 9.17) is 14.2 Å². The molecule has 0 radical (unpaired) electrons. The summed E-state index contributed by atoms with van der Waals surface area (Å²) in [5.41, 5.74) is 1.51. The number of hydrogen-bond donors (Lipinski definition) is 1. The molecule has 1 N–H and O–H groups in total. The Balaban J connectivity index is 1.65. The summed E-state index contributed by atoms with van der Waals surface area (Å²) in [6, 6.07) is 9.32. The topological polar surface area (TPSA) is 63.3 Å². The molecule has 0 aliphatic carbocycles. The highest BCUT2D eigenvalue weighted by atomic mass is 19.1. The fraction of sp³-hybridized carbons (Fsp3) is 0.350. The van der Waals surface area contributed by atoms with Crippen LogP contribution in [0.1, 0.15) is 0 Å². The van der Waals surface area contributed by atoms with Gasteiger partial charge in [-0.2, -0.15) is 0 Å². The molecule has 1 fully saturated rings. The summed E-state index contributed by atoms with van der Waals surface area (Å²) in [4.78, 5) is 16.3. The van der Waals surface area contributed by atoms with Crippen LogP contribution in [-0.4, -0.2) is 58.4 Å². The van der Waals surface area contributed by atoms with E-state index in [2.05, 4.69) is 10.2 Å². The molecule has 3 rings (SSSR count). The van der Waals surface area contributed by atoms with Crippen molar-refractivity contribution in [2.45, 2.75) is 0 Å².